The Bertz CT molecular complexity index is 1020. The van der Waals surface area contributed by atoms with Crippen LogP contribution in [0, 0.1) is 10.1 Å². The molecule has 2 aromatic carbocycles. The number of non-ortho nitro benzene ring substituents is 1. The molecule has 1 aliphatic rings. The Hall–Kier alpha value is -3.02. The molecule has 160 valence electrons. The van der Waals surface area contributed by atoms with Gasteiger partial charge in [-0.25, -0.2) is 8.42 Å². The lowest BCUT2D eigenvalue weighted by molar-refractivity contribution is -0.384. The van der Waals surface area contributed by atoms with Crippen LogP contribution in [0.4, 0.5) is 11.4 Å². The highest BCUT2D eigenvalue weighted by molar-refractivity contribution is 7.89. The molecule has 10 nitrogen and oxygen atoms in total. The van der Waals surface area contributed by atoms with Crippen molar-refractivity contribution in [3.63, 3.8) is 0 Å². The molecule has 2 aromatic rings. The van der Waals surface area contributed by atoms with Crippen molar-refractivity contribution >= 4 is 27.3 Å². The molecule has 0 radical (unpaired) electrons. The maximum Gasteiger partial charge on any atom is 0.269 e. The van der Waals surface area contributed by atoms with Gasteiger partial charge in [0.05, 0.1) is 9.82 Å². The number of nitro benzene ring substituents is 1. The van der Waals surface area contributed by atoms with E-state index in [1.165, 1.54) is 40.7 Å². The molecular formula is C19H22N4O6S. The average molecular weight is 434 g/mol. The van der Waals surface area contributed by atoms with Gasteiger partial charge in [0.25, 0.3) is 11.6 Å². The van der Waals surface area contributed by atoms with Crippen LogP contribution in [0.15, 0.2) is 53.4 Å². The minimum atomic E-state index is -3.64. The van der Waals surface area contributed by atoms with Gasteiger partial charge in [-0.2, -0.15) is 4.31 Å². The van der Waals surface area contributed by atoms with E-state index in [-0.39, 0.29) is 17.2 Å². The summed E-state index contributed by atoms with van der Waals surface area (Å²) >= 11 is 0. The van der Waals surface area contributed by atoms with Gasteiger partial charge in [0, 0.05) is 44.0 Å². The summed E-state index contributed by atoms with van der Waals surface area (Å²) in [5.41, 5.74) is 0.257. The molecular weight excluding hydrogens is 412 g/mol. The second-order valence-corrected chi connectivity index (χ2v) is 8.76. The average Bonchev–Trinajstić information content (AvgIpc) is 2.73. The van der Waals surface area contributed by atoms with Crippen molar-refractivity contribution in [1.82, 2.24) is 9.21 Å². The Kier molecular flexibility index (Phi) is 6.65. The normalized spacial score (nSPS) is 15.5. The third-order valence-electron chi connectivity index (χ3n) is 4.64. The van der Waals surface area contributed by atoms with Crippen LogP contribution in [-0.2, 0) is 14.8 Å². The van der Waals surface area contributed by atoms with Crippen LogP contribution in [-0.4, -0.2) is 68.3 Å². The third-order valence-corrected chi connectivity index (χ3v) is 6.53. The van der Waals surface area contributed by atoms with Gasteiger partial charge in [-0.05, 0) is 37.4 Å². The first-order valence-electron chi connectivity index (χ1n) is 9.21. The lowest BCUT2D eigenvalue weighted by atomic mass is 10.3. The summed E-state index contributed by atoms with van der Waals surface area (Å²) < 4.78 is 32.4. The van der Waals surface area contributed by atoms with E-state index in [0.717, 1.165) is 0 Å². The topological polar surface area (TPSA) is 122 Å². The van der Waals surface area contributed by atoms with Gasteiger partial charge >= 0.3 is 0 Å². The molecule has 1 N–H and O–H groups in total. The van der Waals surface area contributed by atoms with Crippen LogP contribution in [0.3, 0.4) is 0 Å². The molecule has 30 heavy (non-hydrogen) atoms. The van der Waals surface area contributed by atoms with Crippen LogP contribution in [0.1, 0.15) is 0 Å². The number of nitrogens with zero attached hydrogens (tertiary/aromatic N) is 3. The zero-order valence-electron chi connectivity index (χ0n) is 16.4. The van der Waals surface area contributed by atoms with Crippen molar-refractivity contribution < 1.29 is 22.9 Å². The van der Waals surface area contributed by atoms with Gasteiger partial charge in [-0.3, -0.25) is 14.9 Å². The smallest absolute Gasteiger partial charge is 0.269 e. The molecule has 0 atom stereocenters. The molecule has 0 spiro atoms. The van der Waals surface area contributed by atoms with Gasteiger partial charge in [-0.1, -0.05) is 6.07 Å². The number of hydrogen-bond donors (Lipinski definition) is 1. The van der Waals surface area contributed by atoms with E-state index in [0.29, 0.717) is 37.6 Å². The Morgan fingerprint density at radius 3 is 2.43 bits per heavy atom. The number of amides is 1. The Morgan fingerprint density at radius 1 is 1.13 bits per heavy atom. The Morgan fingerprint density at radius 2 is 1.80 bits per heavy atom. The zero-order chi connectivity index (χ0) is 21.7. The minimum absolute atomic E-state index is 0.0785. The van der Waals surface area contributed by atoms with Gasteiger partial charge in [0.15, 0.2) is 6.61 Å². The summed E-state index contributed by atoms with van der Waals surface area (Å²) in [5.74, 6) is -0.176. The number of likely N-dealkylation sites (N-methyl/N-ethyl adjacent to an activating group) is 1. The van der Waals surface area contributed by atoms with Crippen LogP contribution in [0.5, 0.6) is 5.75 Å². The minimum Gasteiger partial charge on any atom is -0.484 e. The molecule has 1 heterocycles. The highest BCUT2D eigenvalue weighted by Crippen LogP contribution is 2.21. The second-order valence-electron chi connectivity index (χ2n) is 6.82. The van der Waals surface area contributed by atoms with E-state index in [4.69, 9.17) is 4.74 Å². The predicted octanol–water partition coefficient (Wildman–Crippen LogP) is 1.55. The van der Waals surface area contributed by atoms with Crippen LogP contribution < -0.4 is 10.1 Å². The summed E-state index contributed by atoms with van der Waals surface area (Å²) in [6, 6.07) is 11.4. The van der Waals surface area contributed by atoms with Gasteiger partial charge in [-0.15, -0.1) is 0 Å². The summed E-state index contributed by atoms with van der Waals surface area (Å²) in [6.07, 6.45) is 0. The molecule has 0 saturated carbocycles. The lowest BCUT2D eigenvalue weighted by Gasteiger charge is -2.31. The maximum atomic E-state index is 12.8. The molecule has 1 saturated heterocycles. The van der Waals surface area contributed by atoms with Gasteiger partial charge in [0.1, 0.15) is 5.75 Å². The van der Waals surface area contributed by atoms with Gasteiger partial charge < -0.3 is 15.0 Å². The number of sulfonamides is 1. The zero-order valence-corrected chi connectivity index (χ0v) is 17.2. The molecule has 1 fully saturated rings. The molecule has 0 bridgehead atoms. The van der Waals surface area contributed by atoms with Crippen molar-refractivity contribution in [3.8, 4) is 5.75 Å². The van der Waals surface area contributed by atoms with E-state index in [1.54, 1.807) is 12.1 Å². The quantitative estimate of drug-likeness (QED) is 0.518. The molecule has 0 unspecified atom stereocenters. The SMILES string of the molecule is CN1CCN(S(=O)(=O)c2cccc(NC(=O)COc3ccc([N+](=O)[O-])cc3)c2)CC1. The van der Waals surface area contributed by atoms with E-state index in [9.17, 15) is 23.3 Å². The molecule has 0 aromatic heterocycles. The number of nitro groups is 1. The highest BCUT2D eigenvalue weighted by Gasteiger charge is 2.27. The number of carbonyl (C=O) groups is 1. The maximum absolute atomic E-state index is 12.8. The van der Waals surface area contributed by atoms with Crippen molar-refractivity contribution in [2.75, 3.05) is 45.2 Å². The fourth-order valence-corrected chi connectivity index (χ4v) is 4.39. The Balaban J connectivity index is 1.60. The Labute approximate surface area is 174 Å². The number of carbonyl (C=O) groups excluding carboxylic acids is 1. The van der Waals surface area contributed by atoms with Crippen molar-refractivity contribution in [1.29, 1.82) is 0 Å². The molecule has 1 amide bonds. The number of anilines is 1. The standard InChI is InChI=1S/C19H22N4O6S/c1-21-9-11-22(12-10-21)30(27,28)18-4-2-3-15(13-18)20-19(24)14-29-17-7-5-16(6-8-17)23(25)26/h2-8,13H,9-12,14H2,1H3,(H,20,24). The van der Waals surface area contributed by atoms with Crippen molar-refractivity contribution in [3.05, 3.63) is 58.6 Å². The molecule has 0 aliphatic carbocycles. The van der Waals surface area contributed by atoms with E-state index < -0.39 is 20.9 Å². The summed E-state index contributed by atoms with van der Waals surface area (Å²) in [5, 5.41) is 13.2. The molecule has 1 aliphatic heterocycles. The molecule has 11 heteroatoms. The number of ether oxygens (including phenoxy) is 1. The number of nitrogens with one attached hydrogen (secondary N) is 1. The first-order valence-corrected chi connectivity index (χ1v) is 10.7. The monoisotopic (exact) mass is 434 g/mol. The number of benzene rings is 2. The number of rotatable bonds is 7. The summed E-state index contributed by atoms with van der Waals surface area (Å²) in [7, 11) is -1.70. The third kappa shape index (κ3) is 5.32. The van der Waals surface area contributed by atoms with Crippen molar-refractivity contribution in [2.24, 2.45) is 0 Å². The first kappa shape index (κ1) is 21.7. The second kappa shape index (κ2) is 9.20. The van der Waals surface area contributed by atoms with E-state index >= 15 is 0 Å². The van der Waals surface area contributed by atoms with Crippen LogP contribution in [0.25, 0.3) is 0 Å². The highest BCUT2D eigenvalue weighted by atomic mass is 32.2. The first-order chi connectivity index (χ1) is 14.3. The fourth-order valence-electron chi connectivity index (χ4n) is 2.92. The summed E-state index contributed by atoms with van der Waals surface area (Å²) in [4.78, 5) is 24.4. The van der Waals surface area contributed by atoms with Crippen LogP contribution in [0.2, 0.25) is 0 Å². The fraction of sp³-hybridized carbons (Fsp3) is 0.316. The van der Waals surface area contributed by atoms with Crippen molar-refractivity contribution in [2.45, 2.75) is 4.90 Å². The summed E-state index contributed by atoms with van der Waals surface area (Å²) in [6.45, 7) is 1.83. The number of piperazine rings is 1. The molecule has 3 rings (SSSR count). The largest absolute Gasteiger partial charge is 0.484 e. The van der Waals surface area contributed by atoms with Crippen LogP contribution >= 0.6 is 0 Å². The predicted molar refractivity (Wildman–Crippen MR) is 110 cm³/mol. The lowest BCUT2D eigenvalue weighted by Crippen LogP contribution is -2.47. The van der Waals surface area contributed by atoms with E-state index in [1.807, 2.05) is 7.05 Å². The van der Waals surface area contributed by atoms with E-state index in [2.05, 4.69) is 10.2 Å². The van der Waals surface area contributed by atoms with Gasteiger partial charge in [0.2, 0.25) is 10.0 Å². The number of hydrogen-bond acceptors (Lipinski definition) is 7.